The van der Waals surface area contributed by atoms with Gasteiger partial charge in [-0.3, -0.25) is 4.79 Å². The number of aliphatic hydroxyl groups is 3. The summed E-state index contributed by atoms with van der Waals surface area (Å²) in [5.41, 5.74) is 1.35. The second-order valence-electron chi connectivity index (χ2n) is 6.74. The first kappa shape index (κ1) is 18.4. The molecule has 138 valence electrons. The van der Waals surface area contributed by atoms with Gasteiger partial charge in [0.15, 0.2) is 0 Å². The normalized spacial score (nSPS) is 16.6. The number of anilines is 1. The number of hydrogen-bond donors (Lipinski definition) is 4. The largest absolute Gasteiger partial charge is 0.396 e. The van der Waals surface area contributed by atoms with Crippen molar-refractivity contribution in [3.63, 3.8) is 0 Å². The zero-order valence-electron chi connectivity index (χ0n) is 14.5. The average Bonchev–Trinajstić information content (AvgIpc) is 2.67. The molecule has 2 heterocycles. The van der Waals surface area contributed by atoms with Crippen LogP contribution >= 0.6 is 0 Å². The molecule has 1 aromatic heterocycles. The maximum absolute atomic E-state index is 12.3. The number of nitrogens with zero attached hydrogens (tertiary/aromatic N) is 2. The molecule has 7 heteroatoms. The number of aromatic amines is 1. The van der Waals surface area contributed by atoms with E-state index >= 15 is 0 Å². The molecule has 1 saturated heterocycles. The first-order chi connectivity index (χ1) is 12.6. The van der Waals surface area contributed by atoms with Gasteiger partial charge in [-0.15, -0.1) is 0 Å². The number of benzene rings is 1. The Morgan fingerprint density at radius 1 is 1.31 bits per heavy atom. The topological polar surface area (TPSA) is 121 Å². The quantitative estimate of drug-likeness (QED) is 0.634. The van der Waals surface area contributed by atoms with Gasteiger partial charge in [0.05, 0.1) is 17.8 Å². The standard InChI is InChI=1S/C19H23N3O4/c20-10-15-18(22-6-3-12(4-7-22)5-8-23)14-9-13(17(25)11-24)1-2-16(14)21-19(15)26/h1-2,9,12,17,23-25H,3-8,11H2,(H,21,26). The molecule has 7 nitrogen and oxygen atoms in total. The number of fused-ring (bicyclic) bond motifs is 1. The Morgan fingerprint density at radius 2 is 2.04 bits per heavy atom. The summed E-state index contributed by atoms with van der Waals surface area (Å²) < 4.78 is 0. The summed E-state index contributed by atoms with van der Waals surface area (Å²) in [5, 5.41) is 38.5. The molecule has 1 atom stereocenters. The van der Waals surface area contributed by atoms with Gasteiger partial charge in [0.1, 0.15) is 17.7 Å². The molecule has 1 aliphatic heterocycles. The minimum Gasteiger partial charge on any atom is -0.396 e. The van der Waals surface area contributed by atoms with Gasteiger partial charge in [0.2, 0.25) is 0 Å². The molecule has 0 spiro atoms. The molecule has 1 aliphatic rings. The summed E-state index contributed by atoms with van der Waals surface area (Å²) in [6.45, 7) is 1.17. The molecule has 0 amide bonds. The van der Waals surface area contributed by atoms with E-state index in [1.54, 1.807) is 18.2 Å². The van der Waals surface area contributed by atoms with Crippen molar-refractivity contribution in [1.29, 1.82) is 5.26 Å². The lowest BCUT2D eigenvalue weighted by Crippen LogP contribution is -2.35. The van der Waals surface area contributed by atoms with Gasteiger partial charge in [0, 0.05) is 25.1 Å². The highest BCUT2D eigenvalue weighted by Gasteiger charge is 2.24. The Kier molecular flexibility index (Phi) is 5.57. The van der Waals surface area contributed by atoms with E-state index in [2.05, 4.69) is 4.98 Å². The molecule has 0 aliphatic carbocycles. The molecule has 1 fully saturated rings. The molecule has 0 radical (unpaired) electrons. The van der Waals surface area contributed by atoms with Crippen LogP contribution in [0.25, 0.3) is 10.9 Å². The minimum atomic E-state index is -1.01. The van der Waals surface area contributed by atoms with Crippen LogP contribution < -0.4 is 10.5 Å². The van der Waals surface area contributed by atoms with Gasteiger partial charge in [-0.05, 0) is 42.9 Å². The van der Waals surface area contributed by atoms with Gasteiger partial charge in [0.25, 0.3) is 5.56 Å². The van der Waals surface area contributed by atoms with Crippen molar-refractivity contribution in [1.82, 2.24) is 4.98 Å². The summed E-state index contributed by atoms with van der Waals surface area (Å²) in [6, 6.07) is 7.08. The fourth-order valence-electron chi connectivity index (χ4n) is 3.67. The first-order valence-electron chi connectivity index (χ1n) is 8.83. The van der Waals surface area contributed by atoms with Gasteiger partial charge >= 0.3 is 0 Å². The Labute approximate surface area is 151 Å². The summed E-state index contributed by atoms with van der Waals surface area (Å²) in [5.74, 6) is 0.446. The van der Waals surface area contributed by atoms with Crippen molar-refractivity contribution < 1.29 is 15.3 Å². The molecule has 3 rings (SSSR count). The highest BCUT2D eigenvalue weighted by Crippen LogP contribution is 2.33. The number of aromatic nitrogens is 1. The predicted molar refractivity (Wildman–Crippen MR) is 98.0 cm³/mol. The molecule has 1 aromatic carbocycles. The number of piperidine rings is 1. The number of H-pyrrole nitrogens is 1. The van der Waals surface area contributed by atoms with Crippen LogP contribution in [0.4, 0.5) is 5.69 Å². The predicted octanol–water partition coefficient (Wildman–Crippen LogP) is 1.02. The highest BCUT2D eigenvalue weighted by molar-refractivity contribution is 5.95. The highest BCUT2D eigenvalue weighted by atomic mass is 16.3. The summed E-state index contributed by atoms with van der Waals surface area (Å²) in [7, 11) is 0. The van der Waals surface area contributed by atoms with E-state index in [9.17, 15) is 20.3 Å². The van der Waals surface area contributed by atoms with Crippen LogP contribution in [0.1, 0.15) is 36.5 Å². The molecular weight excluding hydrogens is 334 g/mol. The molecule has 0 saturated carbocycles. The SMILES string of the molecule is N#Cc1c(N2CCC(CCO)CC2)c2cc(C(O)CO)ccc2[nH]c1=O. The van der Waals surface area contributed by atoms with Crippen molar-refractivity contribution >= 4 is 16.6 Å². The monoisotopic (exact) mass is 357 g/mol. The second kappa shape index (κ2) is 7.87. The first-order valence-corrected chi connectivity index (χ1v) is 8.83. The lowest BCUT2D eigenvalue weighted by molar-refractivity contribution is 0.0957. The van der Waals surface area contributed by atoms with Crippen LogP contribution in [0.15, 0.2) is 23.0 Å². The maximum Gasteiger partial charge on any atom is 0.268 e. The summed E-state index contributed by atoms with van der Waals surface area (Å²) in [4.78, 5) is 17.1. The number of hydrogen-bond acceptors (Lipinski definition) is 6. The minimum absolute atomic E-state index is 0.0637. The Hall–Kier alpha value is -2.40. The van der Waals surface area contributed by atoms with Gasteiger partial charge in [-0.1, -0.05) is 6.07 Å². The molecule has 2 aromatic rings. The smallest absolute Gasteiger partial charge is 0.268 e. The van der Waals surface area contributed by atoms with Crippen LogP contribution in [0, 0.1) is 17.2 Å². The Balaban J connectivity index is 2.09. The third-order valence-corrected chi connectivity index (χ3v) is 5.15. The lowest BCUT2D eigenvalue weighted by Gasteiger charge is -2.34. The van der Waals surface area contributed by atoms with E-state index in [-0.39, 0.29) is 12.2 Å². The van der Waals surface area contributed by atoms with E-state index in [0.29, 0.717) is 41.2 Å². The lowest BCUT2D eigenvalue weighted by atomic mass is 9.92. The summed E-state index contributed by atoms with van der Waals surface area (Å²) >= 11 is 0. The average molecular weight is 357 g/mol. The number of rotatable bonds is 5. The number of nitrogens with one attached hydrogen (secondary N) is 1. The van der Waals surface area contributed by atoms with Gasteiger partial charge in [-0.25, -0.2) is 0 Å². The fraction of sp³-hybridized carbons (Fsp3) is 0.474. The van der Waals surface area contributed by atoms with Gasteiger partial charge in [-0.2, -0.15) is 5.26 Å². The van der Waals surface area contributed by atoms with Crippen molar-refractivity contribution in [2.75, 3.05) is 31.2 Å². The molecule has 26 heavy (non-hydrogen) atoms. The maximum atomic E-state index is 12.3. The van der Waals surface area contributed by atoms with Crippen molar-refractivity contribution in [2.24, 2.45) is 5.92 Å². The van der Waals surface area contributed by atoms with Crippen molar-refractivity contribution in [3.8, 4) is 6.07 Å². The molecule has 4 N–H and O–H groups in total. The second-order valence-corrected chi connectivity index (χ2v) is 6.74. The van der Waals surface area contributed by atoms with Crippen LogP contribution in [0.2, 0.25) is 0 Å². The van der Waals surface area contributed by atoms with Crippen molar-refractivity contribution in [2.45, 2.75) is 25.4 Å². The van der Waals surface area contributed by atoms with Crippen LogP contribution in [-0.4, -0.2) is 46.6 Å². The number of nitriles is 1. The van der Waals surface area contributed by atoms with E-state index < -0.39 is 18.3 Å². The van der Waals surface area contributed by atoms with Crippen molar-refractivity contribution in [3.05, 3.63) is 39.7 Å². The van der Waals surface area contributed by atoms with Crippen LogP contribution in [0.3, 0.4) is 0 Å². The van der Waals surface area contributed by atoms with Crippen LogP contribution in [0.5, 0.6) is 0 Å². The Morgan fingerprint density at radius 3 is 2.65 bits per heavy atom. The third-order valence-electron chi connectivity index (χ3n) is 5.15. The Bertz CT molecular complexity index is 879. The van der Waals surface area contributed by atoms with E-state index in [1.807, 2.05) is 11.0 Å². The molecular formula is C19H23N3O4. The zero-order chi connectivity index (χ0) is 18.7. The molecule has 1 unspecified atom stereocenters. The third kappa shape index (κ3) is 3.44. The van der Waals surface area contributed by atoms with E-state index in [4.69, 9.17) is 5.11 Å². The van der Waals surface area contributed by atoms with Crippen LogP contribution in [-0.2, 0) is 0 Å². The van der Waals surface area contributed by atoms with Gasteiger partial charge < -0.3 is 25.2 Å². The number of aliphatic hydroxyl groups excluding tert-OH is 3. The number of pyridine rings is 1. The summed E-state index contributed by atoms with van der Waals surface area (Å²) in [6.07, 6.45) is 1.53. The van der Waals surface area contributed by atoms with E-state index in [0.717, 1.165) is 19.3 Å². The fourth-order valence-corrected chi connectivity index (χ4v) is 3.67. The van der Waals surface area contributed by atoms with E-state index in [1.165, 1.54) is 0 Å². The molecule has 0 bridgehead atoms. The zero-order valence-corrected chi connectivity index (χ0v) is 14.5.